The molecule has 0 saturated heterocycles. The largest absolute Gasteiger partial charge is 0.573 e. The number of nitrogens with zero attached hydrogens (tertiary/aromatic N) is 4. The van der Waals surface area contributed by atoms with Gasteiger partial charge in [-0.1, -0.05) is 51.0 Å². The van der Waals surface area contributed by atoms with E-state index in [9.17, 15) is 26.3 Å². The molecule has 0 saturated carbocycles. The molecule has 57 heavy (non-hydrogen) atoms. The number of hydrogen-bond acceptors (Lipinski definition) is 8. The molecule has 6 aromatic rings. The van der Waals surface area contributed by atoms with Crippen molar-refractivity contribution in [3.63, 3.8) is 0 Å². The standard InChI is InChI=1S/C22H21F3N2O2.C21H19F3N2O2/c1-2-3-4-17-13-26-21(27-14-17)18-7-11-19(12-8-18)28-15-16-5-9-20(10-6-16)29-22(23,24)25;1-2-3-16-12-25-20(26-13-16)17-6-10-18(11-7-17)27-14-15-4-8-19(9-5-15)28-21(22,23)24/h5-14H,2-4,15H2,1H3;4-13H,2-3,14H2,1H3. The maximum absolute atomic E-state index is 12.2. The van der Waals surface area contributed by atoms with E-state index in [0.717, 1.165) is 65.5 Å². The zero-order valence-electron chi connectivity index (χ0n) is 31.2. The van der Waals surface area contributed by atoms with Gasteiger partial charge < -0.3 is 18.9 Å². The molecule has 0 atom stereocenters. The molecule has 2 heterocycles. The van der Waals surface area contributed by atoms with Gasteiger partial charge >= 0.3 is 12.7 Å². The quantitative estimate of drug-likeness (QED) is 0.0950. The van der Waals surface area contributed by atoms with Crippen LogP contribution in [0.3, 0.4) is 0 Å². The Morgan fingerprint density at radius 3 is 1.11 bits per heavy atom. The van der Waals surface area contributed by atoms with Crippen molar-refractivity contribution in [2.45, 2.75) is 71.9 Å². The molecule has 4 aromatic carbocycles. The van der Waals surface area contributed by atoms with E-state index >= 15 is 0 Å². The molecule has 2 aromatic heterocycles. The lowest BCUT2D eigenvalue weighted by Crippen LogP contribution is -2.17. The SMILES string of the molecule is CCCCc1cnc(-c2ccc(OCc3ccc(OC(F)(F)F)cc3)cc2)nc1.CCCc1cnc(-c2ccc(OCc3ccc(OC(F)(F)F)cc3)cc2)nc1. The fourth-order valence-corrected chi connectivity index (χ4v) is 5.24. The summed E-state index contributed by atoms with van der Waals surface area (Å²) in [7, 11) is 0. The third kappa shape index (κ3) is 14.4. The summed E-state index contributed by atoms with van der Waals surface area (Å²) in [4.78, 5) is 17.6. The zero-order valence-corrected chi connectivity index (χ0v) is 31.2. The highest BCUT2D eigenvalue weighted by atomic mass is 19.4. The van der Waals surface area contributed by atoms with Crippen molar-refractivity contribution in [3.8, 4) is 45.8 Å². The summed E-state index contributed by atoms with van der Waals surface area (Å²) in [6.07, 6.45) is 3.23. The molecule has 8 nitrogen and oxygen atoms in total. The Bertz CT molecular complexity index is 2080. The monoisotopic (exact) mass is 790 g/mol. The molecule has 14 heteroatoms. The Hall–Kier alpha value is -6.18. The lowest BCUT2D eigenvalue weighted by Gasteiger charge is -2.10. The molecule has 0 bridgehead atoms. The number of alkyl halides is 6. The van der Waals surface area contributed by atoms with E-state index in [0.29, 0.717) is 23.1 Å². The van der Waals surface area contributed by atoms with Crippen LogP contribution in [0.5, 0.6) is 23.0 Å². The normalized spacial score (nSPS) is 11.3. The van der Waals surface area contributed by atoms with Gasteiger partial charge in [-0.15, -0.1) is 26.3 Å². The van der Waals surface area contributed by atoms with Crippen molar-refractivity contribution in [1.29, 1.82) is 0 Å². The van der Waals surface area contributed by atoms with Gasteiger partial charge in [-0.2, -0.15) is 0 Å². The van der Waals surface area contributed by atoms with Crippen molar-refractivity contribution >= 4 is 0 Å². The number of rotatable bonds is 15. The van der Waals surface area contributed by atoms with Gasteiger partial charge in [-0.3, -0.25) is 0 Å². The first-order valence-electron chi connectivity index (χ1n) is 18.1. The number of aromatic nitrogens is 4. The molecule has 0 aliphatic heterocycles. The highest BCUT2D eigenvalue weighted by molar-refractivity contribution is 5.57. The molecule has 0 amide bonds. The summed E-state index contributed by atoms with van der Waals surface area (Å²) in [6, 6.07) is 25.9. The molecule has 0 N–H and O–H groups in total. The van der Waals surface area contributed by atoms with Crippen LogP contribution in [0.2, 0.25) is 0 Å². The van der Waals surface area contributed by atoms with Gasteiger partial charge in [0.15, 0.2) is 11.6 Å². The molecule has 0 spiro atoms. The van der Waals surface area contributed by atoms with Gasteiger partial charge in [0.05, 0.1) is 0 Å². The zero-order chi connectivity index (χ0) is 40.7. The first-order chi connectivity index (χ1) is 27.4. The maximum Gasteiger partial charge on any atom is 0.573 e. The van der Waals surface area contributed by atoms with Gasteiger partial charge in [0.1, 0.15) is 36.2 Å². The molecule has 0 radical (unpaired) electrons. The molecule has 0 unspecified atom stereocenters. The summed E-state index contributed by atoms with van der Waals surface area (Å²) < 4.78 is 92.1. The van der Waals surface area contributed by atoms with E-state index in [2.05, 4.69) is 43.3 Å². The number of aryl methyl sites for hydroxylation is 2. The number of benzene rings is 4. The molecular weight excluding hydrogens is 750 g/mol. The van der Waals surface area contributed by atoms with Crippen LogP contribution in [0.15, 0.2) is 122 Å². The van der Waals surface area contributed by atoms with E-state index in [-0.39, 0.29) is 24.7 Å². The van der Waals surface area contributed by atoms with E-state index in [1.165, 1.54) is 48.5 Å². The average Bonchev–Trinajstić information content (AvgIpc) is 3.20. The number of ether oxygens (including phenoxy) is 4. The minimum Gasteiger partial charge on any atom is -0.489 e. The van der Waals surface area contributed by atoms with Gasteiger partial charge in [0.2, 0.25) is 0 Å². The smallest absolute Gasteiger partial charge is 0.489 e. The highest BCUT2D eigenvalue weighted by Crippen LogP contribution is 2.26. The number of unbranched alkanes of at least 4 members (excludes halogenated alkanes) is 1. The van der Waals surface area contributed by atoms with Gasteiger partial charge in [0, 0.05) is 35.9 Å². The fraction of sp³-hybridized carbons (Fsp3) is 0.256. The van der Waals surface area contributed by atoms with Crippen molar-refractivity contribution in [3.05, 3.63) is 144 Å². The molecular formula is C43H40F6N4O4. The van der Waals surface area contributed by atoms with E-state index in [4.69, 9.17) is 9.47 Å². The lowest BCUT2D eigenvalue weighted by molar-refractivity contribution is -0.275. The van der Waals surface area contributed by atoms with Crippen molar-refractivity contribution in [2.75, 3.05) is 0 Å². The number of halogens is 6. The molecule has 0 aliphatic rings. The van der Waals surface area contributed by atoms with Crippen molar-refractivity contribution in [1.82, 2.24) is 19.9 Å². The Morgan fingerprint density at radius 1 is 0.421 bits per heavy atom. The van der Waals surface area contributed by atoms with E-state index in [1.54, 1.807) is 12.1 Å². The second-order valence-electron chi connectivity index (χ2n) is 12.7. The van der Waals surface area contributed by atoms with E-state index in [1.807, 2.05) is 61.2 Å². The van der Waals surface area contributed by atoms with E-state index < -0.39 is 12.7 Å². The second kappa shape index (κ2) is 20.1. The second-order valence-corrected chi connectivity index (χ2v) is 12.7. The predicted molar refractivity (Wildman–Crippen MR) is 202 cm³/mol. The summed E-state index contributed by atoms with van der Waals surface area (Å²) in [5, 5.41) is 0. The summed E-state index contributed by atoms with van der Waals surface area (Å²) >= 11 is 0. The molecule has 0 aliphatic carbocycles. The van der Waals surface area contributed by atoms with Gasteiger partial charge in [0.25, 0.3) is 0 Å². The van der Waals surface area contributed by atoms with Gasteiger partial charge in [-0.05, 0) is 114 Å². The summed E-state index contributed by atoms with van der Waals surface area (Å²) in [5.41, 5.74) is 5.46. The number of hydrogen-bond donors (Lipinski definition) is 0. The average molecular weight is 791 g/mol. The van der Waals surface area contributed by atoms with Crippen LogP contribution in [0.4, 0.5) is 26.3 Å². The van der Waals surface area contributed by atoms with Crippen LogP contribution in [0, 0.1) is 0 Å². The first-order valence-corrected chi connectivity index (χ1v) is 18.1. The molecule has 0 fully saturated rings. The highest BCUT2D eigenvalue weighted by Gasteiger charge is 2.31. The Kier molecular flexibility index (Phi) is 14.8. The topological polar surface area (TPSA) is 88.5 Å². The van der Waals surface area contributed by atoms with Crippen molar-refractivity contribution < 1.29 is 45.3 Å². The summed E-state index contributed by atoms with van der Waals surface area (Å²) in [6.45, 7) is 4.72. The van der Waals surface area contributed by atoms with Crippen molar-refractivity contribution in [2.24, 2.45) is 0 Å². The lowest BCUT2D eigenvalue weighted by atomic mass is 10.1. The molecule has 298 valence electrons. The minimum atomic E-state index is -4.70. The Morgan fingerprint density at radius 2 is 0.772 bits per heavy atom. The molecule has 6 rings (SSSR count). The Balaban J connectivity index is 0.000000218. The first kappa shape index (κ1) is 42.0. The van der Waals surface area contributed by atoms with Crippen LogP contribution in [-0.4, -0.2) is 32.7 Å². The minimum absolute atomic E-state index is 0.230. The van der Waals surface area contributed by atoms with Gasteiger partial charge in [-0.25, -0.2) is 19.9 Å². The summed E-state index contributed by atoms with van der Waals surface area (Å²) in [5.74, 6) is 2.06. The maximum atomic E-state index is 12.2. The third-order valence-corrected chi connectivity index (χ3v) is 8.12. The van der Waals surface area contributed by atoms with Crippen LogP contribution in [-0.2, 0) is 26.1 Å². The van der Waals surface area contributed by atoms with Crippen LogP contribution in [0.25, 0.3) is 22.8 Å². The van der Waals surface area contributed by atoms with Crippen LogP contribution in [0.1, 0.15) is 55.4 Å². The fourth-order valence-electron chi connectivity index (χ4n) is 5.24. The predicted octanol–water partition coefficient (Wildman–Crippen LogP) is 11.5. The third-order valence-electron chi connectivity index (χ3n) is 8.12. The van der Waals surface area contributed by atoms with Crippen LogP contribution < -0.4 is 18.9 Å². The Labute approximate surface area is 326 Å². The van der Waals surface area contributed by atoms with Crippen LogP contribution >= 0.6 is 0 Å².